The fourth-order valence-electron chi connectivity index (χ4n) is 3.40. The third kappa shape index (κ3) is 6.03. The Balaban J connectivity index is 1.41. The molecule has 10 heteroatoms. The maximum atomic E-state index is 12.3. The van der Waals surface area contributed by atoms with Gasteiger partial charge in [0.05, 0.1) is 11.2 Å². The van der Waals surface area contributed by atoms with Crippen molar-refractivity contribution in [2.24, 2.45) is 5.92 Å². The predicted octanol–water partition coefficient (Wildman–Crippen LogP) is 2.50. The van der Waals surface area contributed by atoms with Crippen molar-refractivity contribution in [3.05, 3.63) is 64.1 Å². The van der Waals surface area contributed by atoms with Gasteiger partial charge in [-0.15, -0.1) is 0 Å². The lowest BCUT2D eigenvalue weighted by Gasteiger charge is -2.31. The minimum Gasteiger partial charge on any atom is -0.465 e. The SMILES string of the molecule is Cc1cc([N+](=O)[O-])ccc1NC(=O)C(=O)NCC1CCN(C(=O)/C=C/c2ccco2)CC1. The zero-order valence-corrected chi connectivity index (χ0v) is 17.6. The number of nitrogens with one attached hydrogen (secondary N) is 2. The number of nitro groups is 1. The number of aryl methyl sites for hydroxylation is 1. The summed E-state index contributed by atoms with van der Waals surface area (Å²) >= 11 is 0. The van der Waals surface area contributed by atoms with Crippen LogP contribution in [0.25, 0.3) is 6.08 Å². The van der Waals surface area contributed by atoms with Gasteiger partial charge in [-0.1, -0.05) is 0 Å². The van der Waals surface area contributed by atoms with Gasteiger partial charge in [0.15, 0.2) is 0 Å². The van der Waals surface area contributed by atoms with Crippen LogP contribution in [-0.4, -0.2) is 47.2 Å². The Kier molecular flexibility index (Phi) is 7.37. The van der Waals surface area contributed by atoms with Crippen molar-refractivity contribution in [2.75, 3.05) is 25.0 Å². The summed E-state index contributed by atoms with van der Waals surface area (Å²) in [5.74, 6) is -0.939. The summed E-state index contributed by atoms with van der Waals surface area (Å²) in [4.78, 5) is 48.5. The number of amides is 3. The van der Waals surface area contributed by atoms with Gasteiger partial charge in [0.2, 0.25) is 5.91 Å². The molecule has 1 aliphatic heterocycles. The minimum absolute atomic E-state index is 0.0915. The number of non-ortho nitro benzene ring substituents is 1. The largest absolute Gasteiger partial charge is 0.465 e. The highest BCUT2D eigenvalue weighted by atomic mass is 16.6. The normalized spacial score (nSPS) is 14.3. The Morgan fingerprint density at radius 3 is 2.59 bits per heavy atom. The second kappa shape index (κ2) is 10.4. The lowest BCUT2D eigenvalue weighted by atomic mass is 9.96. The van der Waals surface area contributed by atoms with E-state index in [9.17, 15) is 24.5 Å². The summed E-state index contributed by atoms with van der Waals surface area (Å²) in [6, 6.07) is 7.49. The van der Waals surface area contributed by atoms with Gasteiger partial charge in [-0.2, -0.15) is 0 Å². The number of carbonyl (C=O) groups is 3. The van der Waals surface area contributed by atoms with Crippen LogP contribution >= 0.6 is 0 Å². The number of anilines is 1. The average Bonchev–Trinajstić information content (AvgIpc) is 3.31. The molecule has 2 aromatic rings. The highest BCUT2D eigenvalue weighted by Crippen LogP contribution is 2.21. The van der Waals surface area contributed by atoms with Crippen LogP contribution in [0.15, 0.2) is 47.1 Å². The van der Waals surface area contributed by atoms with Crippen LogP contribution in [0.1, 0.15) is 24.2 Å². The van der Waals surface area contributed by atoms with Crippen molar-refractivity contribution >= 4 is 35.2 Å². The number of furan rings is 1. The molecule has 3 amide bonds. The zero-order valence-electron chi connectivity index (χ0n) is 17.6. The summed E-state index contributed by atoms with van der Waals surface area (Å²) in [6.45, 7) is 3.07. The van der Waals surface area contributed by atoms with Gasteiger partial charge >= 0.3 is 11.8 Å². The molecule has 0 atom stereocenters. The molecule has 1 saturated heterocycles. The van der Waals surface area contributed by atoms with Gasteiger partial charge in [0, 0.05) is 43.5 Å². The summed E-state index contributed by atoms with van der Waals surface area (Å²) in [6.07, 6.45) is 6.07. The maximum absolute atomic E-state index is 12.3. The van der Waals surface area contributed by atoms with E-state index in [2.05, 4.69) is 10.6 Å². The third-order valence-corrected chi connectivity index (χ3v) is 5.29. The molecule has 1 aromatic heterocycles. The van der Waals surface area contributed by atoms with Crippen molar-refractivity contribution in [3.8, 4) is 0 Å². The number of hydrogen-bond acceptors (Lipinski definition) is 6. The summed E-state index contributed by atoms with van der Waals surface area (Å²) in [5.41, 5.74) is 0.731. The molecule has 1 fully saturated rings. The molecule has 10 nitrogen and oxygen atoms in total. The Bertz CT molecular complexity index is 1020. The van der Waals surface area contributed by atoms with Crippen LogP contribution in [0.2, 0.25) is 0 Å². The van der Waals surface area contributed by atoms with E-state index >= 15 is 0 Å². The van der Waals surface area contributed by atoms with Gasteiger partial charge in [-0.05, 0) is 55.5 Å². The molecule has 0 radical (unpaired) electrons. The Morgan fingerprint density at radius 1 is 1.22 bits per heavy atom. The summed E-state index contributed by atoms with van der Waals surface area (Å²) in [5, 5.41) is 15.9. The fourth-order valence-corrected chi connectivity index (χ4v) is 3.40. The van der Waals surface area contributed by atoms with E-state index in [0.29, 0.717) is 49.5 Å². The molecule has 0 saturated carbocycles. The second-order valence-corrected chi connectivity index (χ2v) is 7.54. The number of rotatable bonds is 6. The topological polar surface area (TPSA) is 135 Å². The van der Waals surface area contributed by atoms with E-state index in [-0.39, 0.29) is 17.5 Å². The second-order valence-electron chi connectivity index (χ2n) is 7.54. The Hall–Kier alpha value is -3.95. The van der Waals surface area contributed by atoms with Crippen molar-refractivity contribution < 1.29 is 23.7 Å². The van der Waals surface area contributed by atoms with Gasteiger partial charge < -0.3 is 20.0 Å². The van der Waals surface area contributed by atoms with E-state index in [1.165, 1.54) is 30.5 Å². The standard InChI is InChI=1S/C22H24N4O6/c1-15-13-17(26(30)31)4-6-19(15)24-22(29)21(28)23-14-16-8-10-25(11-9-16)20(27)7-5-18-3-2-12-32-18/h2-7,12-13,16H,8-11,14H2,1H3,(H,23,28)(H,24,29)/b7-5+. The molecule has 168 valence electrons. The Labute approximate surface area is 184 Å². The van der Waals surface area contributed by atoms with E-state index in [1.807, 2.05) is 0 Å². The average molecular weight is 440 g/mol. The number of carbonyl (C=O) groups excluding carboxylic acids is 3. The van der Waals surface area contributed by atoms with Crippen LogP contribution in [0, 0.1) is 23.0 Å². The first-order chi connectivity index (χ1) is 15.3. The van der Waals surface area contributed by atoms with Gasteiger partial charge in [-0.25, -0.2) is 0 Å². The number of piperidine rings is 1. The third-order valence-electron chi connectivity index (χ3n) is 5.29. The lowest BCUT2D eigenvalue weighted by Crippen LogP contribution is -2.43. The Morgan fingerprint density at radius 2 is 1.97 bits per heavy atom. The van der Waals surface area contributed by atoms with E-state index in [0.717, 1.165) is 0 Å². The molecule has 3 rings (SSSR count). The van der Waals surface area contributed by atoms with Crippen LogP contribution < -0.4 is 10.6 Å². The van der Waals surface area contributed by atoms with Crippen LogP contribution in [0.5, 0.6) is 0 Å². The first-order valence-corrected chi connectivity index (χ1v) is 10.2. The number of nitro benzene ring substituents is 1. The molecule has 0 spiro atoms. The summed E-state index contributed by atoms with van der Waals surface area (Å²) in [7, 11) is 0. The van der Waals surface area contributed by atoms with Crippen molar-refractivity contribution in [3.63, 3.8) is 0 Å². The molecule has 0 bridgehead atoms. The molecule has 1 aromatic carbocycles. The molecule has 2 heterocycles. The maximum Gasteiger partial charge on any atom is 0.313 e. The zero-order chi connectivity index (χ0) is 23.1. The quantitative estimate of drug-likeness (QED) is 0.307. The van der Waals surface area contributed by atoms with Crippen LogP contribution in [0.4, 0.5) is 11.4 Å². The molecular formula is C22H24N4O6. The van der Waals surface area contributed by atoms with Crippen molar-refractivity contribution in [1.29, 1.82) is 0 Å². The first kappa shape index (κ1) is 22.7. The predicted molar refractivity (Wildman–Crippen MR) is 117 cm³/mol. The molecule has 32 heavy (non-hydrogen) atoms. The lowest BCUT2D eigenvalue weighted by molar-refractivity contribution is -0.384. The van der Waals surface area contributed by atoms with Crippen LogP contribution in [0.3, 0.4) is 0 Å². The van der Waals surface area contributed by atoms with Crippen molar-refractivity contribution in [2.45, 2.75) is 19.8 Å². The first-order valence-electron chi connectivity index (χ1n) is 10.2. The smallest absolute Gasteiger partial charge is 0.313 e. The van der Waals surface area contributed by atoms with E-state index < -0.39 is 16.7 Å². The number of benzene rings is 1. The highest BCUT2D eigenvalue weighted by Gasteiger charge is 2.23. The fraction of sp³-hybridized carbons (Fsp3) is 0.318. The number of nitrogens with zero attached hydrogens (tertiary/aromatic N) is 2. The molecular weight excluding hydrogens is 416 g/mol. The molecule has 0 aliphatic carbocycles. The van der Waals surface area contributed by atoms with E-state index in [4.69, 9.17) is 4.42 Å². The molecule has 0 unspecified atom stereocenters. The van der Waals surface area contributed by atoms with Gasteiger partial charge in [-0.3, -0.25) is 24.5 Å². The molecule has 1 aliphatic rings. The summed E-state index contributed by atoms with van der Waals surface area (Å²) < 4.78 is 5.16. The monoisotopic (exact) mass is 440 g/mol. The number of hydrogen-bond donors (Lipinski definition) is 2. The number of likely N-dealkylation sites (tertiary alicyclic amines) is 1. The minimum atomic E-state index is -0.836. The van der Waals surface area contributed by atoms with Crippen molar-refractivity contribution in [1.82, 2.24) is 10.2 Å². The van der Waals surface area contributed by atoms with E-state index in [1.54, 1.807) is 30.0 Å². The van der Waals surface area contributed by atoms with Gasteiger partial charge in [0.1, 0.15) is 5.76 Å². The molecule has 2 N–H and O–H groups in total. The van der Waals surface area contributed by atoms with Crippen LogP contribution in [-0.2, 0) is 14.4 Å². The highest BCUT2D eigenvalue weighted by molar-refractivity contribution is 6.39. The van der Waals surface area contributed by atoms with Gasteiger partial charge in [0.25, 0.3) is 5.69 Å².